The first kappa shape index (κ1) is 15.6. The Labute approximate surface area is 137 Å². The number of amides is 1. The number of anilines is 1. The van der Waals surface area contributed by atoms with Crippen molar-refractivity contribution < 1.29 is 4.79 Å². The summed E-state index contributed by atoms with van der Waals surface area (Å²) in [6, 6.07) is 3.64. The summed E-state index contributed by atoms with van der Waals surface area (Å²) in [4.78, 5) is 18.6. The Balaban J connectivity index is 1.69. The third-order valence-electron chi connectivity index (χ3n) is 5.29. The molecular weight excluding hydrogens is 298 g/mol. The molecule has 2 aliphatic rings. The minimum absolute atomic E-state index is 0.0531. The summed E-state index contributed by atoms with van der Waals surface area (Å²) >= 11 is 6.04. The summed E-state index contributed by atoms with van der Waals surface area (Å²) in [7, 11) is 3.77. The van der Waals surface area contributed by atoms with Crippen molar-refractivity contribution in [2.75, 3.05) is 19.0 Å². The molecule has 2 bridgehead atoms. The Hall–Kier alpha value is -1.29. The van der Waals surface area contributed by atoms with Gasteiger partial charge in [-0.1, -0.05) is 18.0 Å². The van der Waals surface area contributed by atoms with Gasteiger partial charge in [0.15, 0.2) is 0 Å². The number of rotatable bonds is 4. The number of aromatic nitrogens is 1. The number of fused-ring (bicyclic) bond motifs is 2. The Morgan fingerprint density at radius 2 is 2.14 bits per heavy atom. The first-order valence-corrected chi connectivity index (χ1v) is 8.47. The molecule has 22 heavy (non-hydrogen) atoms. The maximum Gasteiger partial charge on any atom is 0.251 e. The van der Waals surface area contributed by atoms with Crippen molar-refractivity contribution in [1.82, 2.24) is 10.3 Å². The molecule has 1 amide bonds. The molecule has 1 aromatic rings. The highest BCUT2D eigenvalue weighted by Crippen LogP contribution is 2.49. The topological polar surface area (TPSA) is 45.2 Å². The van der Waals surface area contributed by atoms with Crippen LogP contribution in [0.25, 0.3) is 0 Å². The quantitative estimate of drug-likeness (QED) is 0.865. The molecule has 2 fully saturated rings. The first-order valence-electron chi connectivity index (χ1n) is 8.10. The van der Waals surface area contributed by atoms with Crippen LogP contribution in [0.5, 0.6) is 0 Å². The Kier molecular flexibility index (Phi) is 4.31. The lowest BCUT2D eigenvalue weighted by molar-refractivity contribution is 0.0915. The van der Waals surface area contributed by atoms with E-state index in [1.165, 1.54) is 25.7 Å². The molecule has 2 saturated carbocycles. The number of hydrogen-bond acceptors (Lipinski definition) is 3. The highest BCUT2D eigenvalue weighted by molar-refractivity contribution is 6.29. The maximum absolute atomic E-state index is 12.5. The standard InChI is InChI=1S/C17H24ClN3O/c1-10(14-7-11-4-5-12(14)6-11)19-17(22)13-8-15(18)20-16(9-13)21(2)3/h8-12,14H,4-7H2,1-3H3,(H,19,22). The number of nitrogens with one attached hydrogen (secondary N) is 1. The summed E-state index contributed by atoms with van der Waals surface area (Å²) in [6.07, 6.45) is 5.35. The third kappa shape index (κ3) is 3.07. The van der Waals surface area contributed by atoms with E-state index in [1.54, 1.807) is 12.1 Å². The van der Waals surface area contributed by atoms with Gasteiger partial charge in [-0.3, -0.25) is 4.79 Å². The summed E-state index contributed by atoms with van der Waals surface area (Å²) < 4.78 is 0. The summed E-state index contributed by atoms with van der Waals surface area (Å²) in [5.41, 5.74) is 0.582. The minimum Gasteiger partial charge on any atom is -0.363 e. The molecule has 1 N–H and O–H groups in total. The molecule has 120 valence electrons. The van der Waals surface area contributed by atoms with Gasteiger partial charge in [-0.05, 0) is 56.1 Å². The van der Waals surface area contributed by atoms with Crippen molar-refractivity contribution in [2.24, 2.45) is 17.8 Å². The number of carbonyl (C=O) groups excluding carboxylic acids is 1. The number of nitrogens with zero attached hydrogens (tertiary/aromatic N) is 2. The van der Waals surface area contributed by atoms with E-state index in [-0.39, 0.29) is 11.9 Å². The van der Waals surface area contributed by atoms with Gasteiger partial charge in [0.2, 0.25) is 0 Å². The average molecular weight is 322 g/mol. The van der Waals surface area contributed by atoms with Crippen molar-refractivity contribution in [3.05, 3.63) is 22.8 Å². The number of carbonyl (C=O) groups is 1. The van der Waals surface area contributed by atoms with Gasteiger partial charge in [0.1, 0.15) is 11.0 Å². The van der Waals surface area contributed by atoms with Crippen molar-refractivity contribution in [1.29, 1.82) is 0 Å². The normalized spacial score (nSPS) is 27.7. The van der Waals surface area contributed by atoms with Gasteiger partial charge in [-0.15, -0.1) is 0 Å². The molecule has 0 aromatic carbocycles. The van der Waals surface area contributed by atoms with Gasteiger partial charge < -0.3 is 10.2 Å². The van der Waals surface area contributed by atoms with Crippen molar-refractivity contribution in [3.8, 4) is 0 Å². The fourth-order valence-corrected chi connectivity index (χ4v) is 4.35. The number of hydrogen-bond donors (Lipinski definition) is 1. The summed E-state index contributed by atoms with van der Waals surface area (Å²) in [6.45, 7) is 2.14. The highest BCUT2D eigenvalue weighted by Gasteiger charge is 2.42. The summed E-state index contributed by atoms with van der Waals surface area (Å²) in [5, 5.41) is 3.52. The lowest BCUT2D eigenvalue weighted by atomic mass is 9.84. The monoisotopic (exact) mass is 321 g/mol. The lowest BCUT2D eigenvalue weighted by Crippen LogP contribution is -2.40. The van der Waals surface area contributed by atoms with Gasteiger partial charge >= 0.3 is 0 Å². The molecule has 3 rings (SSSR count). The van der Waals surface area contributed by atoms with Crippen LogP contribution >= 0.6 is 11.6 Å². The van der Waals surface area contributed by atoms with E-state index in [2.05, 4.69) is 17.2 Å². The lowest BCUT2D eigenvalue weighted by Gasteiger charge is -2.28. The Morgan fingerprint density at radius 1 is 1.36 bits per heavy atom. The zero-order valence-electron chi connectivity index (χ0n) is 13.5. The molecule has 4 nitrogen and oxygen atoms in total. The molecule has 0 saturated heterocycles. The SMILES string of the molecule is CC(NC(=O)c1cc(Cl)nc(N(C)C)c1)C1CC2CCC1C2. The Morgan fingerprint density at radius 3 is 2.73 bits per heavy atom. The zero-order chi connectivity index (χ0) is 15.9. The van der Waals surface area contributed by atoms with Crippen molar-refractivity contribution >= 4 is 23.3 Å². The second-order valence-electron chi connectivity index (χ2n) is 7.03. The summed E-state index contributed by atoms with van der Waals surface area (Å²) in [5.74, 6) is 2.98. The zero-order valence-corrected chi connectivity index (χ0v) is 14.2. The minimum atomic E-state index is -0.0531. The van der Waals surface area contributed by atoms with Crippen LogP contribution in [0.1, 0.15) is 43.0 Å². The van der Waals surface area contributed by atoms with Crippen LogP contribution in [0, 0.1) is 17.8 Å². The third-order valence-corrected chi connectivity index (χ3v) is 5.49. The molecule has 4 unspecified atom stereocenters. The molecule has 1 aromatic heterocycles. The number of halogens is 1. The fourth-order valence-electron chi connectivity index (χ4n) is 4.15. The van der Waals surface area contributed by atoms with E-state index >= 15 is 0 Å². The van der Waals surface area contributed by atoms with Crippen molar-refractivity contribution in [2.45, 2.75) is 38.6 Å². The van der Waals surface area contributed by atoms with Crippen molar-refractivity contribution in [3.63, 3.8) is 0 Å². The van der Waals surface area contributed by atoms with E-state index in [9.17, 15) is 4.79 Å². The van der Waals surface area contributed by atoms with Gasteiger partial charge in [0.05, 0.1) is 0 Å². The highest BCUT2D eigenvalue weighted by atomic mass is 35.5. The fraction of sp³-hybridized carbons (Fsp3) is 0.647. The van der Waals surface area contributed by atoms with Crippen LogP contribution in [0.4, 0.5) is 5.82 Å². The Bertz CT molecular complexity index is 575. The average Bonchev–Trinajstić information content (AvgIpc) is 3.09. The van der Waals surface area contributed by atoms with Gasteiger partial charge in [-0.25, -0.2) is 4.98 Å². The second kappa shape index (κ2) is 6.07. The predicted octanol–water partition coefficient (Wildman–Crippen LogP) is 3.36. The molecule has 5 heteroatoms. The van der Waals surface area contributed by atoms with E-state index in [1.807, 2.05) is 19.0 Å². The molecule has 4 atom stereocenters. The van der Waals surface area contributed by atoms with Gasteiger partial charge in [-0.2, -0.15) is 0 Å². The smallest absolute Gasteiger partial charge is 0.251 e. The van der Waals surface area contributed by atoms with Crippen LogP contribution in [0.2, 0.25) is 5.15 Å². The number of pyridine rings is 1. The molecule has 0 radical (unpaired) electrons. The van der Waals surface area contributed by atoms with Crippen LogP contribution in [-0.4, -0.2) is 31.0 Å². The van der Waals surface area contributed by atoms with E-state index < -0.39 is 0 Å². The van der Waals surface area contributed by atoms with Gasteiger partial charge in [0.25, 0.3) is 5.91 Å². The molecular formula is C17H24ClN3O. The molecule has 2 aliphatic carbocycles. The maximum atomic E-state index is 12.5. The van der Waals surface area contributed by atoms with Crippen LogP contribution in [0.3, 0.4) is 0 Å². The molecule has 0 spiro atoms. The van der Waals surface area contributed by atoms with E-state index in [4.69, 9.17) is 11.6 Å². The molecule has 1 heterocycles. The van der Waals surface area contributed by atoms with Crippen LogP contribution in [-0.2, 0) is 0 Å². The van der Waals surface area contributed by atoms with Gasteiger partial charge in [0, 0.05) is 25.7 Å². The second-order valence-corrected chi connectivity index (χ2v) is 7.42. The van der Waals surface area contributed by atoms with Crippen LogP contribution in [0.15, 0.2) is 12.1 Å². The first-order chi connectivity index (χ1) is 10.4. The van der Waals surface area contributed by atoms with Crippen LogP contribution < -0.4 is 10.2 Å². The predicted molar refractivity (Wildman–Crippen MR) is 89.4 cm³/mol. The van der Waals surface area contributed by atoms with E-state index in [0.717, 1.165) is 11.8 Å². The largest absolute Gasteiger partial charge is 0.363 e. The van der Waals surface area contributed by atoms with E-state index in [0.29, 0.717) is 22.5 Å². The molecule has 0 aliphatic heterocycles.